The number of fused-ring (bicyclic) bond motifs is 2. The van der Waals surface area contributed by atoms with Gasteiger partial charge in [-0.05, 0) is 56.0 Å². The third kappa shape index (κ3) is 3.87. The van der Waals surface area contributed by atoms with Crippen LogP contribution in [0, 0.1) is 11.8 Å². The van der Waals surface area contributed by atoms with Gasteiger partial charge in [0.1, 0.15) is 6.04 Å². The van der Waals surface area contributed by atoms with E-state index in [1.165, 1.54) is 0 Å². The molecule has 1 N–H and O–H groups in total. The standard InChI is InChI=1S/C30H36N2O5S/c1-5-16-31(22-13-12-19-10-8-9-11-20(19)17-22)27(35)25-30-15-14-29(4,38-30)24(28(36)37-7-3)23(30)26(34)32(25)21(6-2)18-33/h5,8-13,17,21,23-25,33H,1,6-7,14-16,18H2,2-4H3/t21-,23-,24-,25?,29+,30?/m0/s1. The van der Waals surface area contributed by atoms with E-state index in [1.807, 2.05) is 56.3 Å². The van der Waals surface area contributed by atoms with E-state index >= 15 is 0 Å². The molecule has 0 aromatic heterocycles. The SMILES string of the molecule is C=CCN(C(=O)C1N([C@@H](CC)CO)C(=O)[C@@H]2[C@@H](C(=O)OCC)[C@@]3(C)CCC12S3)c1ccc2ccccc2c1. The second kappa shape index (κ2) is 10.0. The topological polar surface area (TPSA) is 87.2 Å². The van der Waals surface area contributed by atoms with Gasteiger partial charge in [-0.15, -0.1) is 18.3 Å². The number of thioether (sulfide) groups is 1. The van der Waals surface area contributed by atoms with Crippen LogP contribution in [0.3, 0.4) is 0 Å². The van der Waals surface area contributed by atoms with Crippen LogP contribution in [0.25, 0.3) is 10.8 Å². The van der Waals surface area contributed by atoms with E-state index in [0.29, 0.717) is 12.8 Å². The molecule has 38 heavy (non-hydrogen) atoms. The summed E-state index contributed by atoms with van der Waals surface area (Å²) in [5, 5.41) is 12.4. The molecule has 8 heteroatoms. The molecule has 3 aliphatic rings. The van der Waals surface area contributed by atoms with E-state index in [1.54, 1.807) is 34.6 Å². The Kier molecular flexibility index (Phi) is 7.07. The first kappa shape index (κ1) is 26.8. The second-order valence-electron chi connectivity index (χ2n) is 10.7. The third-order valence-corrected chi connectivity index (χ3v) is 10.7. The number of likely N-dealkylation sites (tertiary alicyclic amines) is 1. The van der Waals surface area contributed by atoms with Gasteiger partial charge in [0, 0.05) is 17.0 Å². The van der Waals surface area contributed by atoms with Crippen LogP contribution in [0.15, 0.2) is 55.1 Å². The molecule has 3 aliphatic heterocycles. The maximum atomic E-state index is 14.7. The highest BCUT2D eigenvalue weighted by molar-refractivity contribution is 8.02. The van der Waals surface area contributed by atoms with Gasteiger partial charge in [0.15, 0.2) is 0 Å². The average molecular weight is 537 g/mol. The Morgan fingerprint density at radius 2 is 1.97 bits per heavy atom. The Hall–Kier alpha value is -2.84. The van der Waals surface area contributed by atoms with E-state index in [4.69, 9.17) is 4.74 Å². The number of aliphatic hydroxyl groups excluding tert-OH is 1. The number of ether oxygens (including phenoxy) is 1. The van der Waals surface area contributed by atoms with Gasteiger partial charge in [-0.1, -0.05) is 43.3 Å². The third-order valence-electron chi connectivity index (χ3n) is 8.69. The summed E-state index contributed by atoms with van der Waals surface area (Å²) in [6.45, 7) is 9.85. The van der Waals surface area contributed by atoms with Gasteiger partial charge in [0.25, 0.3) is 5.91 Å². The molecule has 3 fully saturated rings. The fourth-order valence-electron chi connectivity index (χ4n) is 6.98. The van der Waals surface area contributed by atoms with Crippen LogP contribution in [-0.4, -0.2) is 69.1 Å². The van der Waals surface area contributed by atoms with Gasteiger partial charge in [-0.25, -0.2) is 0 Å². The van der Waals surface area contributed by atoms with Crippen molar-refractivity contribution in [2.45, 2.75) is 61.6 Å². The van der Waals surface area contributed by atoms with Crippen LogP contribution >= 0.6 is 11.8 Å². The van der Waals surface area contributed by atoms with Crippen molar-refractivity contribution in [3.05, 3.63) is 55.1 Å². The fourth-order valence-corrected chi connectivity index (χ4v) is 9.31. The number of carbonyl (C=O) groups is 3. The Morgan fingerprint density at radius 1 is 1.24 bits per heavy atom. The van der Waals surface area contributed by atoms with E-state index in [0.717, 1.165) is 22.9 Å². The maximum Gasteiger partial charge on any atom is 0.311 e. The largest absolute Gasteiger partial charge is 0.466 e. The Morgan fingerprint density at radius 3 is 2.63 bits per heavy atom. The number of carbonyl (C=O) groups excluding carboxylic acids is 3. The van der Waals surface area contributed by atoms with Crippen molar-refractivity contribution in [3.63, 3.8) is 0 Å². The first-order valence-electron chi connectivity index (χ1n) is 13.5. The number of nitrogens with zero attached hydrogens (tertiary/aromatic N) is 2. The molecule has 2 aromatic rings. The molecule has 2 unspecified atom stereocenters. The van der Waals surface area contributed by atoms with Gasteiger partial charge in [0.2, 0.25) is 5.91 Å². The quantitative estimate of drug-likeness (QED) is 0.382. The molecule has 2 amide bonds. The van der Waals surface area contributed by atoms with E-state index in [-0.39, 0.29) is 37.5 Å². The predicted octanol–water partition coefficient (Wildman–Crippen LogP) is 4.17. The second-order valence-corrected chi connectivity index (χ2v) is 12.6. The number of hydrogen-bond donors (Lipinski definition) is 1. The first-order chi connectivity index (χ1) is 18.3. The van der Waals surface area contributed by atoms with Crippen molar-refractivity contribution in [1.29, 1.82) is 0 Å². The summed E-state index contributed by atoms with van der Waals surface area (Å²) in [4.78, 5) is 45.4. The van der Waals surface area contributed by atoms with Gasteiger partial charge >= 0.3 is 5.97 Å². The van der Waals surface area contributed by atoms with Crippen molar-refractivity contribution in [1.82, 2.24) is 4.90 Å². The van der Waals surface area contributed by atoms with E-state index in [9.17, 15) is 19.5 Å². The first-order valence-corrected chi connectivity index (χ1v) is 14.3. The smallest absolute Gasteiger partial charge is 0.311 e. The Bertz CT molecular complexity index is 1280. The number of rotatable bonds is 9. The number of hydrogen-bond acceptors (Lipinski definition) is 6. The predicted molar refractivity (Wildman–Crippen MR) is 150 cm³/mol. The molecule has 7 nitrogen and oxygen atoms in total. The Balaban J connectivity index is 1.63. The monoisotopic (exact) mass is 536 g/mol. The maximum absolute atomic E-state index is 14.7. The minimum absolute atomic E-state index is 0.204. The van der Waals surface area contributed by atoms with Crippen LogP contribution in [0.5, 0.6) is 0 Å². The number of anilines is 1. The van der Waals surface area contributed by atoms with Crippen LogP contribution in [-0.2, 0) is 19.1 Å². The van der Waals surface area contributed by atoms with Crippen molar-refractivity contribution in [2.75, 3.05) is 24.7 Å². The lowest BCUT2D eigenvalue weighted by Gasteiger charge is -2.39. The van der Waals surface area contributed by atoms with Crippen molar-refractivity contribution in [2.24, 2.45) is 11.8 Å². The van der Waals surface area contributed by atoms with Gasteiger partial charge < -0.3 is 19.6 Å². The summed E-state index contributed by atoms with van der Waals surface area (Å²) in [5.74, 6) is -2.09. The Labute approximate surface area is 228 Å². The summed E-state index contributed by atoms with van der Waals surface area (Å²) in [7, 11) is 0. The average Bonchev–Trinajstić information content (AvgIpc) is 3.48. The summed E-state index contributed by atoms with van der Waals surface area (Å²) in [5.41, 5.74) is 0.726. The molecule has 5 rings (SSSR count). The number of benzene rings is 2. The minimum Gasteiger partial charge on any atom is -0.466 e. The van der Waals surface area contributed by atoms with Crippen LogP contribution in [0.2, 0.25) is 0 Å². The van der Waals surface area contributed by atoms with E-state index < -0.39 is 33.4 Å². The number of esters is 1. The van der Waals surface area contributed by atoms with Crippen LogP contribution in [0.4, 0.5) is 5.69 Å². The van der Waals surface area contributed by atoms with Crippen LogP contribution in [0.1, 0.15) is 40.0 Å². The van der Waals surface area contributed by atoms with Gasteiger partial charge in [0.05, 0.1) is 35.8 Å². The summed E-state index contributed by atoms with van der Waals surface area (Å²) < 4.78 is 4.21. The van der Waals surface area contributed by atoms with Gasteiger partial charge in [-0.2, -0.15) is 0 Å². The molecule has 0 saturated carbocycles. The molecule has 3 heterocycles. The molecule has 0 radical (unpaired) electrons. The highest BCUT2D eigenvalue weighted by Gasteiger charge is 2.78. The number of amides is 2. The molecular formula is C30H36N2O5S. The summed E-state index contributed by atoms with van der Waals surface area (Å²) in [6, 6.07) is 12.5. The van der Waals surface area contributed by atoms with Gasteiger partial charge in [-0.3, -0.25) is 14.4 Å². The van der Waals surface area contributed by atoms with E-state index in [2.05, 4.69) is 6.58 Å². The highest BCUT2D eigenvalue weighted by atomic mass is 32.2. The normalized spacial score (nSPS) is 30.4. The molecule has 3 saturated heterocycles. The van der Waals surface area contributed by atoms with Crippen molar-refractivity contribution >= 4 is 46.0 Å². The molecule has 1 spiro atoms. The van der Waals surface area contributed by atoms with Crippen LogP contribution < -0.4 is 4.90 Å². The minimum atomic E-state index is -0.810. The molecule has 2 bridgehead atoms. The lowest BCUT2D eigenvalue weighted by molar-refractivity contribution is -0.155. The number of aliphatic hydroxyl groups is 1. The summed E-state index contributed by atoms with van der Waals surface area (Å²) >= 11 is 1.61. The molecule has 202 valence electrons. The molecule has 2 aromatic carbocycles. The lowest BCUT2D eigenvalue weighted by atomic mass is 9.66. The zero-order chi connectivity index (χ0) is 27.2. The zero-order valence-corrected chi connectivity index (χ0v) is 23.1. The fraction of sp³-hybridized carbons (Fsp3) is 0.500. The summed E-state index contributed by atoms with van der Waals surface area (Å²) in [6.07, 6.45) is 3.55. The molecule has 0 aliphatic carbocycles. The molecule has 6 atom stereocenters. The highest BCUT2D eigenvalue weighted by Crippen LogP contribution is 2.71. The lowest BCUT2D eigenvalue weighted by Crippen LogP contribution is -2.57. The zero-order valence-electron chi connectivity index (χ0n) is 22.3. The van der Waals surface area contributed by atoms with Crippen molar-refractivity contribution < 1.29 is 24.2 Å². The molecular weight excluding hydrogens is 500 g/mol. The van der Waals surface area contributed by atoms with Crippen molar-refractivity contribution in [3.8, 4) is 0 Å².